The number of rotatable bonds is 5. The predicted octanol–water partition coefficient (Wildman–Crippen LogP) is 4.23. The standard InChI is InChI=1S/C19H16FNO4S/c1-11(18(22)21-12-6-8-13(24-2)9-7-12)25-19(23)17-10-14-15(20)4-3-5-16(14)26-17/h3-11H,1-2H3,(H,21,22). The molecule has 0 saturated carbocycles. The third-order valence-electron chi connectivity index (χ3n) is 3.72. The maximum Gasteiger partial charge on any atom is 0.349 e. The minimum atomic E-state index is -1.00. The quantitative estimate of drug-likeness (QED) is 0.680. The lowest BCUT2D eigenvalue weighted by Gasteiger charge is -2.13. The third-order valence-corrected chi connectivity index (χ3v) is 4.80. The Morgan fingerprint density at radius 3 is 2.54 bits per heavy atom. The lowest BCUT2D eigenvalue weighted by molar-refractivity contribution is -0.123. The number of anilines is 1. The summed E-state index contributed by atoms with van der Waals surface area (Å²) in [6, 6.07) is 12.8. The summed E-state index contributed by atoms with van der Waals surface area (Å²) in [6.45, 7) is 1.48. The van der Waals surface area contributed by atoms with Gasteiger partial charge in [-0.1, -0.05) is 6.07 Å². The SMILES string of the molecule is COc1ccc(NC(=O)C(C)OC(=O)c2cc3c(F)cccc3s2)cc1. The van der Waals surface area contributed by atoms with E-state index in [1.54, 1.807) is 43.5 Å². The fourth-order valence-electron chi connectivity index (χ4n) is 2.32. The largest absolute Gasteiger partial charge is 0.497 e. The van der Waals surface area contributed by atoms with Gasteiger partial charge in [-0.25, -0.2) is 9.18 Å². The van der Waals surface area contributed by atoms with Crippen LogP contribution in [0.2, 0.25) is 0 Å². The van der Waals surface area contributed by atoms with E-state index < -0.39 is 23.8 Å². The summed E-state index contributed by atoms with van der Waals surface area (Å²) in [5.74, 6) is -0.860. The number of fused-ring (bicyclic) bond motifs is 1. The predicted molar refractivity (Wildman–Crippen MR) is 98.3 cm³/mol. The number of carbonyl (C=O) groups is 2. The van der Waals surface area contributed by atoms with Crippen LogP contribution < -0.4 is 10.1 Å². The molecule has 1 aromatic heterocycles. The summed E-state index contributed by atoms with van der Waals surface area (Å²) in [6.07, 6.45) is -1.00. The summed E-state index contributed by atoms with van der Waals surface area (Å²) >= 11 is 1.12. The number of thiophene rings is 1. The second-order valence-electron chi connectivity index (χ2n) is 5.53. The first-order valence-electron chi connectivity index (χ1n) is 7.82. The molecule has 26 heavy (non-hydrogen) atoms. The van der Waals surface area contributed by atoms with Gasteiger partial charge in [0, 0.05) is 15.8 Å². The zero-order chi connectivity index (χ0) is 18.7. The number of ether oxygens (including phenoxy) is 2. The third kappa shape index (κ3) is 3.83. The maximum absolute atomic E-state index is 13.7. The first kappa shape index (κ1) is 17.9. The average Bonchev–Trinajstić information content (AvgIpc) is 3.08. The zero-order valence-corrected chi connectivity index (χ0v) is 14.9. The van der Waals surface area contributed by atoms with Crippen molar-refractivity contribution in [2.45, 2.75) is 13.0 Å². The Kier molecular flexibility index (Phi) is 5.18. The molecule has 0 spiro atoms. The number of esters is 1. The van der Waals surface area contributed by atoms with Crippen molar-refractivity contribution in [1.29, 1.82) is 0 Å². The highest BCUT2D eigenvalue weighted by atomic mass is 32.1. The van der Waals surface area contributed by atoms with E-state index in [1.807, 2.05) is 0 Å². The first-order valence-corrected chi connectivity index (χ1v) is 8.63. The van der Waals surface area contributed by atoms with Crippen molar-refractivity contribution >= 4 is 39.0 Å². The van der Waals surface area contributed by atoms with Crippen LogP contribution in [0.15, 0.2) is 48.5 Å². The molecule has 1 amide bonds. The molecular formula is C19H16FNO4S. The summed E-state index contributed by atoms with van der Waals surface area (Å²) < 4.78 is 24.6. The summed E-state index contributed by atoms with van der Waals surface area (Å²) in [5.41, 5.74) is 0.558. The Morgan fingerprint density at radius 2 is 1.88 bits per heavy atom. The number of benzene rings is 2. The lowest BCUT2D eigenvalue weighted by atomic mass is 10.2. The molecule has 0 aliphatic heterocycles. The van der Waals surface area contributed by atoms with Crippen molar-refractivity contribution in [3.8, 4) is 5.75 Å². The molecule has 1 heterocycles. The van der Waals surface area contributed by atoms with Gasteiger partial charge in [0.25, 0.3) is 5.91 Å². The van der Waals surface area contributed by atoms with Gasteiger partial charge in [0.15, 0.2) is 6.10 Å². The molecule has 0 saturated heterocycles. The van der Waals surface area contributed by atoms with Gasteiger partial charge in [0.2, 0.25) is 0 Å². The minimum absolute atomic E-state index is 0.245. The van der Waals surface area contributed by atoms with E-state index in [0.717, 1.165) is 11.3 Å². The van der Waals surface area contributed by atoms with Gasteiger partial charge < -0.3 is 14.8 Å². The van der Waals surface area contributed by atoms with Crippen LogP contribution in [-0.4, -0.2) is 25.1 Å². The number of hydrogen-bond acceptors (Lipinski definition) is 5. The van der Waals surface area contributed by atoms with E-state index >= 15 is 0 Å². The van der Waals surface area contributed by atoms with E-state index in [1.165, 1.54) is 19.1 Å². The average molecular weight is 373 g/mol. The van der Waals surface area contributed by atoms with Crippen LogP contribution in [0, 0.1) is 5.82 Å². The molecule has 1 unspecified atom stereocenters. The van der Waals surface area contributed by atoms with E-state index in [-0.39, 0.29) is 4.88 Å². The van der Waals surface area contributed by atoms with Crippen molar-refractivity contribution in [3.63, 3.8) is 0 Å². The molecular weight excluding hydrogens is 357 g/mol. The van der Waals surface area contributed by atoms with Crippen molar-refractivity contribution in [1.82, 2.24) is 0 Å². The number of carbonyl (C=O) groups excluding carboxylic acids is 2. The maximum atomic E-state index is 13.7. The number of nitrogens with one attached hydrogen (secondary N) is 1. The van der Waals surface area contributed by atoms with Gasteiger partial charge in [-0.3, -0.25) is 4.79 Å². The summed E-state index contributed by atoms with van der Waals surface area (Å²) in [7, 11) is 1.55. The molecule has 0 bridgehead atoms. The number of amides is 1. The highest BCUT2D eigenvalue weighted by Crippen LogP contribution is 2.28. The van der Waals surface area contributed by atoms with Crippen LogP contribution >= 0.6 is 11.3 Å². The van der Waals surface area contributed by atoms with Crippen LogP contribution in [-0.2, 0) is 9.53 Å². The molecule has 1 atom stereocenters. The van der Waals surface area contributed by atoms with Gasteiger partial charge in [-0.15, -0.1) is 11.3 Å². The molecule has 3 rings (SSSR count). The van der Waals surface area contributed by atoms with Crippen molar-refractivity contribution in [2.24, 2.45) is 0 Å². The Bertz CT molecular complexity index is 952. The van der Waals surface area contributed by atoms with Crippen LogP contribution in [0.4, 0.5) is 10.1 Å². The molecule has 134 valence electrons. The topological polar surface area (TPSA) is 64.6 Å². The van der Waals surface area contributed by atoms with Gasteiger partial charge >= 0.3 is 5.97 Å². The molecule has 0 fully saturated rings. The van der Waals surface area contributed by atoms with Crippen LogP contribution in [0.5, 0.6) is 5.75 Å². The van der Waals surface area contributed by atoms with E-state index in [0.29, 0.717) is 21.5 Å². The highest BCUT2D eigenvalue weighted by molar-refractivity contribution is 7.20. The fourth-order valence-corrected chi connectivity index (χ4v) is 3.27. The summed E-state index contributed by atoms with van der Waals surface area (Å²) in [5, 5.41) is 3.02. The Morgan fingerprint density at radius 1 is 1.15 bits per heavy atom. The smallest absolute Gasteiger partial charge is 0.349 e. The normalized spacial score (nSPS) is 11.8. The second kappa shape index (κ2) is 7.53. The highest BCUT2D eigenvalue weighted by Gasteiger charge is 2.21. The van der Waals surface area contributed by atoms with Crippen molar-refractivity contribution in [3.05, 3.63) is 59.2 Å². The monoisotopic (exact) mass is 373 g/mol. The molecule has 3 aromatic rings. The van der Waals surface area contributed by atoms with Crippen molar-refractivity contribution < 1.29 is 23.5 Å². The first-order chi connectivity index (χ1) is 12.5. The van der Waals surface area contributed by atoms with Crippen LogP contribution in [0.25, 0.3) is 10.1 Å². The van der Waals surface area contributed by atoms with E-state index in [9.17, 15) is 14.0 Å². The minimum Gasteiger partial charge on any atom is -0.497 e. The Labute approximate surface area is 153 Å². The van der Waals surface area contributed by atoms with Gasteiger partial charge in [0.05, 0.1) is 7.11 Å². The molecule has 0 radical (unpaired) electrons. The van der Waals surface area contributed by atoms with Crippen LogP contribution in [0.1, 0.15) is 16.6 Å². The molecule has 7 heteroatoms. The van der Waals surface area contributed by atoms with Crippen LogP contribution in [0.3, 0.4) is 0 Å². The van der Waals surface area contributed by atoms with Gasteiger partial charge in [0.1, 0.15) is 16.4 Å². The Balaban J connectivity index is 1.65. The zero-order valence-electron chi connectivity index (χ0n) is 14.1. The molecule has 2 aromatic carbocycles. The second-order valence-corrected chi connectivity index (χ2v) is 6.61. The van der Waals surface area contributed by atoms with Crippen molar-refractivity contribution in [2.75, 3.05) is 12.4 Å². The lowest BCUT2D eigenvalue weighted by Crippen LogP contribution is -2.29. The number of hydrogen-bond donors (Lipinski definition) is 1. The number of halogens is 1. The fraction of sp³-hybridized carbons (Fsp3) is 0.158. The summed E-state index contributed by atoms with van der Waals surface area (Å²) in [4.78, 5) is 24.7. The molecule has 0 aliphatic carbocycles. The van der Waals surface area contributed by atoms with Gasteiger partial charge in [-0.2, -0.15) is 0 Å². The van der Waals surface area contributed by atoms with Gasteiger partial charge in [-0.05, 0) is 49.4 Å². The van der Waals surface area contributed by atoms with E-state index in [2.05, 4.69) is 5.32 Å². The molecule has 5 nitrogen and oxygen atoms in total. The molecule has 1 N–H and O–H groups in total. The molecule has 0 aliphatic rings. The van der Waals surface area contributed by atoms with E-state index in [4.69, 9.17) is 9.47 Å². The number of methoxy groups -OCH3 is 1. The Hall–Kier alpha value is -2.93.